The minimum Gasteiger partial charge on any atom is -0.388 e. The Labute approximate surface area is 120 Å². The van der Waals surface area contributed by atoms with Gasteiger partial charge in [0, 0.05) is 36.9 Å². The Balaban J connectivity index is 2.16. The Kier molecular flexibility index (Phi) is 4.02. The third-order valence-corrected chi connectivity index (χ3v) is 3.51. The molecule has 0 aromatic carbocycles. The van der Waals surface area contributed by atoms with E-state index in [1.165, 1.54) is 0 Å². The molecular formula is C15H24FN3O. The number of nitrogens with one attached hydrogen (secondary N) is 1. The summed E-state index contributed by atoms with van der Waals surface area (Å²) < 4.78 is 14.5. The van der Waals surface area contributed by atoms with Crippen molar-refractivity contribution in [3.05, 3.63) is 23.6 Å². The molecular weight excluding hydrogens is 257 g/mol. The molecule has 0 saturated carbocycles. The van der Waals surface area contributed by atoms with Crippen LogP contribution in [0.1, 0.15) is 39.7 Å². The van der Waals surface area contributed by atoms with Crippen molar-refractivity contribution in [1.82, 2.24) is 10.3 Å². The van der Waals surface area contributed by atoms with Crippen LogP contribution in [0.4, 0.5) is 10.2 Å². The Hall–Kier alpha value is -1.20. The van der Waals surface area contributed by atoms with E-state index in [-0.39, 0.29) is 11.4 Å². The lowest BCUT2D eigenvalue weighted by Crippen LogP contribution is -2.35. The van der Waals surface area contributed by atoms with Gasteiger partial charge in [-0.15, -0.1) is 0 Å². The number of hydrogen-bond donors (Lipinski definition) is 2. The van der Waals surface area contributed by atoms with E-state index in [2.05, 4.69) is 10.3 Å². The highest BCUT2D eigenvalue weighted by atomic mass is 19.1. The second-order valence-electron chi connectivity index (χ2n) is 6.88. The monoisotopic (exact) mass is 281 g/mol. The van der Waals surface area contributed by atoms with Gasteiger partial charge < -0.3 is 15.3 Å². The molecule has 1 aromatic rings. The van der Waals surface area contributed by atoms with E-state index < -0.39 is 5.60 Å². The minimum absolute atomic E-state index is 0.0623. The molecule has 2 heterocycles. The fourth-order valence-corrected chi connectivity index (χ4v) is 2.31. The third-order valence-electron chi connectivity index (χ3n) is 3.51. The molecule has 1 fully saturated rings. The molecule has 1 atom stereocenters. The van der Waals surface area contributed by atoms with Crippen LogP contribution in [-0.2, 0) is 6.54 Å². The highest BCUT2D eigenvalue weighted by Gasteiger charge is 2.33. The number of aliphatic hydroxyl groups is 1. The molecule has 20 heavy (non-hydrogen) atoms. The maximum Gasteiger partial charge on any atom is 0.170 e. The van der Waals surface area contributed by atoms with Crippen LogP contribution < -0.4 is 10.2 Å². The van der Waals surface area contributed by atoms with Crippen LogP contribution in [0.3, 0.4) is 0 Å². The van der Waals surface area contributed by atoms with Crippen molar-refractivity contribution >= 4 is 5.82 Å². The van der Waals surface area contributed by atoms with Gasteiger partial charge in [0.05, 0.1) is 5.60 Å². The second-order valence-corrected chi connectivity index (χ2v) is 6.88. The van der Waals surface area contributed by atoms with Crippen LogP contribution in [0.25, 0.3) is 0 Å². The van der Waals surface area contributed by atoms with Gasteiger partial charge in [0.25, 0.3) is 0 Å². The molecule has 0 aliphatic carbocycles. The van der Waals surface area contributed by atoms with Crippen molar-refractivity contribution in [3.63, 3.8) is 0 Å². The Morgan fingerprint density at radius 2 is 2.20 bits per heavy atom. The van der Waals surface area contributed by atoms with Crippen molar-refractivity contribution in [1.29, 1.82) is 0 Å². The van der Waals surface area contributed by atoms with Gasteiger partial charge in [-0.2, -0.15) is 0 Å². The predicted octanol–water partition coefficient (Wildman–Crippen LogP) is 2.07. The van der Waals surface area contributed by atoms with Gasteiger partial charge in [-0.3, -0.25) is 0 Å². The standard InChI is InChI=1S/C15H24FN3O/c1-14(2,3)18-9-11-5-7-17-13(12(11)16)19-8-6-15(4,20)10-19/h5,7,18,20H,6,8-10H2,1-4H3. The van der Waals surface area contributed by atoms with Gasteiger partial charge in [0.1, 0.15) is 0 Å². The van der Waals surface area contributed by atoms with E-state index in [0.717, 1.165) is 0 Å². The summed E-state index contributed by atoms with van der Waals surface area (Å²) in [7, 11) is 0. The largest absolute Gasteiger partial charge is 0.388 e. The molecule has 1 aliphatic heterocycles. The fraction of sp³-hybridized carbons (Fsp3) is 0.667. The normalized spacial score (nSPS) is 23.4. The first kappa shape index (κ1) is 15.2. The zero-order chi connectivity index (χ0) is 15.0. The topological polar surface area (TPSA) is 48.4 Å². The fourth-order valence-electron chi connectivity index (χ4n) is 2.31. The first-order valence-electron chi connectivity index (χ1n) is 7.04. The number of rotatable bonds is 3. The van der Waals surface area contributed by atoms with Crippen molar-refractivity contribution in [2.75, 3.05) is 18.0 Å². The van der Waals surface area contributed by atoms with Crippen LogP contribution in [0.5, 0.6) is 0 Å². The van der Waals surface area contributed by atoms with E-state index in [4.69, 9.17) is 0 Å². The first-order valence-corrected chi connectivity index (χ1v) is 7.04. The van der Waals surface area contributed by atoms with Crippen molar-refractivity contribution in [3.8, 4) is 0 Å². The molecule has 0 spiro atoms. The van der Waals surface area contributed by atoms with E-state index >= 15 is 0 Å². The molecule has 2 N–H and O–H groups in total. The third kappa shape index (κ3) is 3.67. The summed E-state index contributed by atoms with van der Waals surface area (Å²) in [6.07, 6.45) is 2.27. The molecule has 1 aliphatic rings. The molecule has 5 heteroatoms. The number of anilines is 1. The number of hydrogen-bond acceptors (Lipinski definition) is 4. The number of aromatic nitrogens is 1. The lowest BCUT2D eigenvalue weighted by atomic mass is 10.1. The summed E-state index contributed by atoms with van der Waals surface area (Å²) in [5.74, 6) is 0.0536. The van der Waals surface area contributed by atoms with E-state index in [0.29, 0.717) is 37.4 Å². The summed E-state index contributed by atoms with van der Waals surface area (Å²) in [5, 5.41) is 13.3. The summed E-state index contributed by atoms with van der Waals surface area (Å²) in [5.41, 5.74) is -0.211. The van der Waals surface area contributed by atoms with Crippen LogP contribution in [0, 0.1) is 5.82 Å². The van der Waals surface area contributed by atoms with Gasteiger partial charge in [0.2, 0.25) is 0 Å². The Morgan fingerprint density at radius 1 is 1.50 bits per heavy atom. The number of halogens is 1. The van der Waals surface area contributed by atoms with E-state index in [1.807, 2.05) is 25.7 Å². The average Bonchev–Trinajstić information content (AvgIpc) is 2.67. The smallest absolute Gasteiger partial charge is 0.170 e. The van der Waals surface area contributed by atoms with Crippen LogP contribution in [0.2, 0.25) is 0 Å². The molecule has 1 saturated heterocycles. The lowest BCUT2D eigenvalue weighted by Gasteiger charge is -2.23. The number of nitrogens with zero attached hydrogens (tertiary/aromatic N) is 2. The van der Waals surface area contributed by atoms with Crippen LogP contribution >= 0.6 is 0 Å². The summed E-state index contributed by atoms with van der Waals surface area (Å²) >= 11 is 0. The zero-order valence-electron chi connectivity index (χ0n) is 12.7. The molecule has 1 unspecified atom stereocenters. The van der Waals surface area contributed by atoms with Crippen LogP contribution in [-0.4, -0.2) is 34.3 Å². The predicted molar refractivity (Wildman–Crippen MR) is 78.2 cm³/mol. The maximum atomic E-state index is 14.5. The summed E-state index contributed by atoms with van der Waals surface area (Å²) in [6, 6.07) is 1.70. The molecule has 0 radical (unpaired) electrons. The Bertz CT molecular complexity index is 482. The lowest BCUT2D eigenvalue weighted by molar-refractivity contribution is 0.0838. The second kappa shape index (κ2) is 5.30. The number of pyridine rings is 1. The average molecular weight is 281 g/mol. The van der Waals surface area contributed by atoms with Gasteiger partial charge in [-0.05, 0) is 40.2 Å². The molecule has 0 bridgehead atoms. The minimum atomic E-state index is -0.756. The van der Waals surface area contributed by atoms with E-state index in [1.54, 1.807) is 19.2 Å². The first-order chi connectivity index (χ1) is 9.18. The number of β-amino-alcohol motifs (C(OH)–C–C–N with tert-alkyl or cyclic N) is 1. The van der Waals surface area contributed by atoms with Crippen LogP contribution in [0.15, 0.2) is 12.3 Å². The van der Waals surface area contributed by atoms with Crippen molar-refractivity contribution in [2.45, 2.75) is 51.8 Å². The summed E-state index contributed by atoms with van der Waals surface area (Å²) in [4.78, 5) is 5.96. The Morgan fingerprint density at radius 3 is 2.75 bits per heavy atom. The van der Waals surface area contributed by atoms with E-state index in [9.17, 15) is 9.50 Å². The summed E-state index contributed by atoms with van der Waals surface area (Å²) in [6.45, 7) is 9.44. The highest BCUT2D eigenvalue weighted by Crippen LogP contribution is 2.28. The molecule has 4 nitrogen and oxygen atoms in total. The van der Waals surface area contributed by atoms with Gasteiger partial charge in [-0.25, -0.2) is 9.37 Å². The van der Waals surface area contributed by atoms with Gasteiger partial charge in [-0.1, -0.05) is 0 Å². The maximum absolute atomic E-state index is 14.5. The van der Waals surface area contributed by atoms with Gasteiger partial charge >= 0.3 is 0 Å². The van der Waals surface area contributed by atoms with Gasteiger partial charge in [0.15, 0.2) is 11.6 Å². The molecule has 0 amide bonds. The molecule has 112 valence electrons. The zero-order valence-corrected chi connectivity index (χ0v) is 12.7. The molecule has 1 aromatic heterocycles. The van der Waals surface area contributed by atoms with Crippen molar-refractivity contribution in [2.24, 2.45) is 0 Å². The quantitative estimate of drug-likeness (QED) is 0.890. The highest BCUT2D eigenvalue weighted by molar-refractivity contribution is 5.45. The van der Waals surface area contributed by atoms with Crippen molar-refractivity contribution < 1.29 is 9.50 Å². The SMILES string of the molecule is CC1(O)CCN(c2nccc(CNC(C)(C)C)c2F)C1. The molecule has 2 rings (SSSR count).